The normalized spacial score (nSPS) is 27.9. The Morgan fingerprint density at radius 3 is 2.78 bits per heavy atom. The molecule has 0 radical (unpaired) electrons. The number of H-pyrrole nitrogens is 1. The lowest BCUT2D eigenvalue weighted by Gasteiger charge is -2.40. The lowest BCUT2D eigenvalue weighted by Crippen LogP contribution is -2.45. The van der Waals surface area contributed by atoms with E-state index in [0.717, 1.165) is 25.4 Å². The van der Waals surface area contributed by atoms with Crippen LogP contribution in [0.1, 0.15) is 48.5 Å². The fourth-order valence-corrected chi connectivity index (χ4v) is 3.37. The molecule has 18 heavy (non-hydrogen) atoms. The van der Waals surface area contributed by atoms with E-state index in [0.29, 0.717) is 17.6 Å². The molecule has 2 aliphatic rings. The van der Waals surface area contributed by atoms with Gasteiger partial charge in [-0.3, -0.25) is 9.89 Å². The topological polar surface area (TPSA) is 61.9 Å². The van der Waals surface area contributed by atoms with Crippen LogP contribution in [0.5, 0.6) is 0 Å². The number of aromatic amines is 1. The highest BCUT2D eigenvalue weighted by Crippen LogP contribution is 2.36. The third kappa shape index (κ3) is 2.13. The van der Waals surface area contributed by atoms with E-state index < -0.39 is 0 Å². The highest BCUT2D eigenvalue weighted by Gasteiger charge is 2.34. The lowest BCUT2D eigenvalue weighted by atomic mass is 9.75. The SMILES string of the molecule is Cc1nc(C(=O)N2CCC3CCCCC3C2)n[nH]1. The van der Waals surface area contributed by atoms with E-state index in [-0.39, 0.29) is 5.91 Å². The molecule has 2 fully saturated rings. The maximum absolute atomic E-state index is 12.3. The molecule has 1 aromatic rings. The smallest absolute Gasteiger partial charge is 0.293 e. The van der Waals surface area contributed by atoms with Crippen molar-refractivity contribution in [2.24, 2.45) is 11.8 Å². The first-order valence-corrected chi connectivity index (χ1v) is 6.92. The van der Waals surface area contributed by atoms with Crippen molar-refractivity contribution in [2.75, 3.05) is 13.1 Å². The van der Waals surface area contributed by atoms with Crippen LogP contribution < -0.4 is 0 Å². The molecule has 1 saturated heterocycles. The molecule has 1 aromatic heterocycles. The highest BCUT2D eigenvalue weighted by atomic mass is 16.2. The molecule has 5 nitrogen and oxygen atoms in total. The van der Waals surface area contributed by atoms with Gasteiger partial charge in [0.25, 0.3) is 5.91 Å². The van der Waals surface area contributed by atoms with E-state index in [4.69, 9.17) is 0 Å². The number of amides is 1. The van der Waals surface area contributed by atoms with Crippen LogP contribution >= 0.6 is 0 Å². The van der Waals surface area contributed by atoms with Gasteiger partial charge >= 0.3 is 0 Å². The Bertz CT molecular complexity index is 442. The monoisotopic (exact) mass is 248 g/mol. The minimum Gasteiger partial charge on any atom is -0.336 e. The quantitative estimate of drug-likeness (QED) is 0.823. The fourth-order valence-electron chi connectivity index (χ4n) is 3.37. The Hall–Kier alpha value is -1.39. The number of aromatic nitrogens is 3. The second kappa shape index (κ2) is 4.71. The van der Waals surface area contributed by atoms with Crippen molar-refractivity contribution in [3.63, 3.8) is 0 Å². The van der Waals surface area contributed by atoms with Crippen LogP contribution in [0.25, 0.3) is 0 Å². The summed E-state index contributed by atoms with van der Waals surface area (Å²) in [6.07, 6.45) is 6.48. The number of aryl methyl sites for hydroxylation is 1. The summed E-state index contributed by atoms with van der Waals surface area (Å²) in [7, 11) is 0. The molecule has 2 atom stereocenters. The van der Waals surface area contributed by atoms with Crippen molar-refractivity contribution in [3.05, 3.63) is 11.6 Å². The fraction of sp³-hybridized carbons (Fsp3) is 0.769. The molecule has 2 heterocycles. The van der Waals surface area contributed by atoms with Crippen molar-refractivity contribution in [1.29, 1.82) is 0 Å². The van der Waals surface area contributed by atoms with Gasteiger partial charge in [-0.05, 0) is 31.6 Å². The van der Waals surface area contributed by atoms with Gasteiger partial charge in [0, 0.05) is 13.1 Å². The van der Waals surface area contributed by atoms with E-state index in [9.17, 15) is 4.79 Å². The standard InChI is InChI=1S/C13H20N4O/c1-9-14-12(16-15-9)13(18)17-7-6-10-4-2-3-5-11(10)8-17/h10-11H,2-8H2,1H3,(H,14,15,16). The second-order valence-corrected chi connectivity index (χ2v) is 5.59. The predicted molar refractivity (Wildman–Crippen MR) is 67.1 cm³/mol. The Labute approximate surface area is 107 Å². The average Bonchev–Trinajstić information content (AvgIpc) is 2.84. The van der Waals surface area contributed by atoms with Crippen LogP contribution in [0.4, 0.5) is 0 Å². The maximum Gasteiger partial charge on any atom is 0.293 e. The molecule has 1 aliphatic heterocycles. The Balaban J connectivity index is 1.68. The number of nitrogens with one attached hydrogen (secondary N) is 1. The third-order valence-corrected chi connectivity index (χ3v) is 4.37. The van der Waals surface area contributed by atoms with Crippen molar-refractivity contribution in [2.45, 2.75) is 39.0 Å². The van der Waals surface area contributed by atoms with Gasteiger partial charge in [-0.2, -0.15) is 0 Å². The van der Waals surface area contributed by atoms with E-state index >= 15 is 0 Å². The molecule has 0 aromatic carbocycles. The number of rotatable bonds is 1. The molecule has 0 spiro atoms. The number of nitrogens with zero attached hydrogens (tertiary/aromatic N) is 3. The second-order valence-electron chi connectivity index (χ2n) is 5.59. The van der Waals surface area contributed by atoms with Gasteiger partial charge in [-0.25, -0.2) is 4.98 Å². The number of carbonyl (C=O) groups is 1. The number of carbonyl (C=O) groups excluding carboxylic acids is 1. The average molecular weight is 248 g/mol. The maximum atomic E-state index is 12.3. The van der Waals surface area contributed by atoms with Crippen LogP contribution in [0, 0.1) is 18.8 Å². The Morgan fingerprint density at radius 2 is 2.06 bits per heavy atom. The molecule has 2 unspecified atom stereocenters. The first-order chi connectivity index (χ1) is 8.74. The van der Waals surface area contributed by atoms with Gasteiger partial charge < -0.3 is 4.90 Å². The number of piperidine rings is 1. The molecule has 5 heteroatoms. The zero-order valence-electron chi connectivity index (χ0n) is 10.9. The van der Waals surface area contributed by atoms with Crippen LogP contribution in [0.15, 0.2) is 0 Å². The number of hydrogen-bond acceptors (Lipinski definition) is 3. The van der Waals surface area contributed by atoms with Gasteiger partial charge in [-0.1, -0.05) is 19.3 Å². The van der Waals surface area contributed by atoms with Crippen molar-refractivity contribution >= 4 is 5.91 Å². The minimum atomic E-state index is -0.0108. The summed E-state index contributed by atoms with van der Waals surface area (Å²) in [4.78, 5) is 18.3. The van der Waals surface area contributed by atoms with Crippen LogP contribution in [-0.2, 0) is 0 Å². The van der Waals surface area contributed by atoms with Gasteiger partial charge in [0.05, 0.1) is 0 Å². The molecule has 3 rings (SSSR count). The summed E-state index contributed by atoms with van der Waals surface area (Å²) >= 11 is 0. The molecule has 1 aliphatic carbocycles. The number of fused-ring (bicyclic) bond motifs is 1. The van der Waals surface area contributed by atoms with E-state index in [2.05, 4.69) is 15.2 Å². The van der Waals surface area contributed by atoms with E-state index in [1.807, 2.05) is 11.8 Å². The van der Waals surface area contributed by atoms with Crippen molar-refractivity contribution < 1.29 is 4.79 Å². The molecule has 1 amide bonds. The van der Waals surface area contributed by atoms with Crippen LogP contribution in [-0.4, -0.2) is 39.1 Å². The zero-order valence-corrected chi connectivity index (χ0v) is 10.9. The van der Waals surface area contributed by atoms with Gasteiger partial charge in [0.2, 0.25) is 5.82 Å². The Kier molecular flexibility index (Phi) is 3.06. The summed E-state index contributed by atoms with van der Waals surface area (Å²) in [5.74, 6) is 2.56. The third-order valence-electron chi connectivity index (χ3n) is 4.37. The van der Waals surface area contributed by atoms with Crippen LogP contribution in [0.2, 0.25) is 0 Å². The van der Waals surface area contributed by atoms with Gasteiger partial charge in [0.15, 0.2) is 0 Å². The summed E-state index contributed by atoms with van der Waals surface area (Å²) in [5.41, 5.74) is 0. The summed E-state index contributed by atoms with van der Waals surface area (Å²) < 4.78 is 0. The molecular formula is C13H20N4O. The summed E-state index contributed by atoms with van der Waals surface area (Å²) in [6.45, 7) is 3.59. The molecular weight excluding hydrogens is 228 g/mol. The molecule has 0 bridgehead atoms. The van der Waals surface area contributed by atoms with Crippen molar-refractivity contribution in [1.82, 2.24) is 20.1 Å². The zero-order chi connectivity index (χ0) is 12.5. The van der Waals surface area contributed by atoms with Crippen LogP contribution in [0.3, 0.4) is 0 Å². The van der Waals surface area contributed by atoms with Gasteiger partial charge in [-0.15, -0.1) is 5.10 Å². The van der Waals surface area contributed by atoms with Gasteiger partial charge in [0.1, 0.15) is 5.82 Å². The Morgan fingerprint density at radius 1 is 1.28 bits per heavy atom. The minimum absolute atomic E-state index is 0.0108. The molecule has 1 saturated carbocycles. The van der Waals surface area contributed by atoms with Crippen molar-refractivity contribution in [3.8, 4) is 0 Å². The van der Waals surface area contributed by atoms with E-state index in [1.165, 1.54) is 25.7 Å². The lowest BCUT2D eigenvalue weighted by molar-refractivity contribution is 0.0510. The molecule has 98 valence electrons. The highest BCUT2D eigenvalue weighted by molar-refractivity contribution is 5.90. The van der Waals surface area contributed by atoms with E-state index in [1.54, 1.807) is 0 Å². The summed E-state index contributed by atoms with van der Waals surface area (Å²) in [6, 6.07) is 0. The summed E-state index contributed by atoms with van der Waals surface area (Å²) in [5, 5.41) is 6.70. The number of likely N-dealkylation sites (tertiary alicyclic amines) is 1. The molecule has 1 N–H and O–H groups in total. The largest absolute Gasteiger partial charge is 0.336 e. The predicted octanol–water partition coefficient (Wildman–Crippen LogP) is 1.77. The first-order valence-electron chi connectivity index (χ1n) is 6.92. The first kappa shape index (κ1) is 11.7. The number of hydrogen-bond donors (Lipinski definition) is 1.